The smallest absolute Gasteiger partial charge is 0.326 e. The van der Waals surface area contributed by atoms with Crippen LogP contribution >= 0.6 is 11.8 Å². The van der Waals surface area contributed by atoms with Crippen LogP contribution in [0.25, 0.3) is 10.9 Å². The molecule has 0 saturated heterocycles. The van der Waals surface area contributed by atoms with Crippen LogP contribution < -0.4 is 21.7 Å². The summed E-state index contributed by atoms with van der Waals surface area (Å²) in [5.74, 6) is -3.90. The highest BCUT2D eigenvalue weighted by Crippen LogP contribution is 2.19. The van der Waals surface area contributed by atoms with E-state index in [0.29, 0.717) is 12.2 Å². The van der Waals surface area contributed by atoms with E-state index in [1.807, 2.05) is 30.5 Å². The van der Waals surface area contributed by atoms with Gasteiger partial charge in [0.1, 0.15) is 18.1 Å². The predicted molar refractivity (Wildman–Crippen MR) is 139 cm³/mol. The van der Waals surface area contributed by atoms with Gasteiger partial charge in [0.15, 0.2) is 0 Å². The van der Waals surface area contributed by atoms with Gasteiger partial charge in [-0.1, -0.05) is 18.2 Å². The van der Waals surface area contributed by atoms with Crippen LogP contribution in [-0.4, -0.2) is 81.0 Å². The van der Waals surface area contributed by atoms with Crippen LogP contribution in [0.15, 0.2) is 30.5 Å². The first-order valence-electron chi connectivity index (χ1n) is 11.7. The van der Waals surface area contributed by atoms with Crippen LogP contribution in [0.3, 0.4) is 0 Å². The number of H-pyrrole nitrogens is 1. The number of aliphatic carboxylic acids is 2. The van der Waals surface area contributed by atoms with Gasteiger partial charge in [-0.05, 0) is 43.4 Å². The number of rotatable bonds is 15. The number of carbonyl (C=O) groups excluding carboxylic acids is 3. The molecule has 13 heteroatoms. The van der Waals surface area contributed by atoms with Gasteiger partial charge in [-0.15, -0.1) is 0 Å². The van der Waals surface area contributed by atoms with Gasteiger partial charge in [0.2, 0.25) is 17.7 Å². The Bertz CT molecular complexity index is 1120. The molecule has 1 heterocycles. The second-order valence-electron chi connectivity index (χ2n) is 8.57. The van der Waals surface area contributed by atoms with Crippen molar-refractivity contribution in [1.29, 1.82) is 0 Å². The van der Waals surface area contributed by atoms with Crippen LogP contribution in [0, 0.1) is 0 Å². The van der Waals surface area contributed by atoms with E-state index < -0.39 is 60.2 Å². The molecule has 2 aromatic rings. The van der Waals surface area contributed by atoms with Crippen molar-refractivity contribution in [2.75, 3.05) is 12.0 Å². The SMILES string of the molecule is CSCCC(N)C(=O)NC(Cc1c[nH]c2ccccc12)C(=O)NC(C)C(=O)NC(CCC(=O)O)C(=O)O. The summed E-state index contributed by atoms with van der Waals surface area (Å²) in [5.41, 5.74) is 7.60. The molecule has 0 aliphatic heterocycles. The van der Waals surface area contributed by atoms with Crippen LogP contribution in [0.1, 0.15) is 31.7 Å². The Morgan fingerprint density at radius 3 is 2.30 bits per heavy atom. The normalized spacial score (nSPS) is 14.2. The van der Waals surface area contributed by atoms with E-state index in [-0.39, 0.29) is 12.8 Å². The van der Waals surface area contributed by atoms with Gasteiger partial charge < -0.3 is 36.9 Å². The molecule has 0 saturated carbocycles. The molecule has 0 radical (unpaired) electrons. The van der Waals surface area contributed by atoms with Gasteiger partial charge in [0.05, 0.1) is 6.04 Å². The number of nitrogens with two attached hydrogens (primary N) is 1. The lowest BCUT2D eigenvalue weighted by molar-refractivity contribution is -0.143. The van der Waals surface area contributed by atoms with Crippen molar-refractivity contribution in [1.82, 2.24) is 20.9 Å². The van der Waals surface area contributed by atoms with Crippen LogP contribution in [0.2, 0.25) is 0 Å². The van der Waals surface area contributed by atoms with Crippen molar-refractivity contribution >= 4 is 52.3 Å². The molecule has 4 unspecified atom stereocenters. The number of aromatic nitrogens is 1. The summed E-state index contributed by atoms with van der Waals surface area (Å²) >= 11 is 1.54. The van der Waals surface area contributed by atoms with E-state index in [0.717, 1.165) is 16.5 Å². The molecule has 8 N–H and O–H groups in total. The lowest BCUT2D eigenvalue weighted by Gasteiger charge is -2.23. The number of para-hydroxylation sites is 1. The molecule has 3 amide bonds. The second kappa shape index (κ2) is 14.2. The highest BCUT2D eigenvalue weighted by Gasteiger charge is 2.29. The molecule has 202 valence electrons. The molecular formula is C24H33N5O7S. The van der Waals surface area contributed by atoms with E-state index in [1.54, 1.807) is 6.20 Å². The summed E-state index contributed by atoms with van der Waals surface area (Å²) in [6.45, 7) is 1.36. The van der Waals surface area contributed by atoms with E-state index in [9.17, 15) is 29.1 Å². The van der Waals surface area contributed by atoms with Crippen molar-refractivity contribution in [3.63, 3.8) is 0 Å². The summed E-state index contributed by atoms with van der Waals surface area (Å²) in [4.78, 5) is 63.7. The number of benzene rings is 1. The Hall–Kier alpha value is -3.58. The molecule has 1 aromatic heterocycles. The quantitative estimate of drug-likeness (QED) is 0.166. The van der Waals surface area contributed by atoms with Gasteiger partial charge in [-0.25, -0.2) is 4.79 Å². The van der Waals surface area contributed by atoms with Crippen molar-refractivity contribution in [2.45, 2.75) is 56.8 Å². The van der Waals surface area contributed by atoms with Crippen LogP contribution in [0.4, 0.5) is 0 Å². The molecule has 1 aromatic carbocycles. The minimum Gasteiger partial charge on any atom is -0.481 e. The molecule has 37 heavy (non-hydrogen) atoms. The Morgan fingerprint density at radius 2 is 1.65 bits per heavy atom. The Labute approximate surface area is 218 Å². The molecular weight excluding hydrogens is 502 g/mol. The fourth-order valence-electron chi connectivity index (χ4n) is 3.59. The summed E-state index contributed by atoms with van der Waals surface area (Å²) in [5, 5.41) is 26.3. The topological polar surface area (TPSA) is 204 Å². The van der Waals surface area contributed by atoms with E-state index >= 15 is 0 Å². The third-order valence-electron chi connectivity index (χ3n) is 5.72. The number of thioether (sulfide) groups is 1. The van der Waals surface area contributed by atoms with Crippen LogP contribution in [0.5, 0.6) is 0 Å². The maximum atomic E-state index is 13.2. The monoisotopic (exact) mass is 535 g/mol. The highest BCUT2D eigenvalue weighted by molar-refractivity contribution is 7.98. The second-order valence-corrected chi connectivity index (χ2v) is 9.56. The molecule has 12 nitrogen and oxygen atoms in total. The minimum atomic E-state index is -1.43. The molecule has 0 spiro atoms. The van der Waals surface area contributed by atoms with E-state index in [1.165, 1.54) is 18.7 Å². The fourth-order valence-corrected chi connectivity index (χ4v) is 4.08. The average molecular weight is 536 g/mol. The van der Waals surface area contributed by atoms with Gasteiger partial charge >= 0.3 is 11.9 Å². The molecule has 0 aliphatic rings. The number of hydrogen-bond donors (Lipinski definition) is 7. The fraction of sp³-hybridized carbons (Fsp3) is 0.458. The maximum Gasteiger partial charge on any atom is 0.326 e. The first-order chi connectivity index (χ1) is 17.5. The van der Waals surface area contributed by atoms with Gasteiger partial charge in [-0.2, -0.15) is 11.8 Å². The third-order valence-corrected chi connectivity index (χ3v) is 6.36. The largest absolute Gasteiger partial charge is 0.481 e. The Morgan fingerprint density at radius 1 is 0.973 bits per heavy atom. The summed E-state index contributed by atoms with van der Waals surface area (Å²) in [6.07, 6.45) is 3.39. The number of hydrogen-bond acceptors (Lipinski definition) is 7. The first kappa shape index (κ1) is 29.6. The number of fused-ring (bicyclic) bond motifs is 1. The first-order valence-corrected chi connectivity index (χ1v) is 13.1. The summed E-state index contributed by atoms with van der Waals surface area (Å²) < 4.78 is 0. The lowest BCUT2D eigenvalue weighted by atomic mass is 10.0. The number of carbonyl (C=O) groups is 5. The third kappa shape index (κ3) is 9.10. The van der Waals surface area contributed by atoms with Gasteiger partial charge in [0, 0.05) is 29.9 Å². The van der Waals surface area contributed by atoms with Crippen molar-refractivity contribution in [3.8, 4) is 0 Å². The molecule has 2 rings (SSSR count). The van der Waals surface area contributed by atoms with E-state index in [2.05, 4.69) is 20.9 Å². The number of nitrogens with one attached hydrogen (secondary N) is 4. The van der Waals surface area contributed by atoms with Gasteiger partial charge in [-0.3, -0.25) is 19.2 Å². The average Bonchev–Trinajstić information content (AvgIpc) is 3.26. The standard InChI is InChI=1S/C24H33N5O7S/c1-13(21(32)28-18(24(35)36)7-8-20(30)31)27-23(34)19(29-22(33)16(25)9-10-37-2)11-14-12-26-17-6-4-3-5-15(14)17/h3-6,12-13,16,18-19,26H,7-11,25H2,1-2H3,(H,27,34)(H,28,32)(H,29,33)(H,30,31)(H,35,36). The summed E-state index contributed by atoms with van der Waals surface area (Å²) in [6, 6.07) is 2.98. The highest BCUT2D eigenvalue weighted by atomic mass is 32.2. The summed E-state index contributed by atoms with van der Waals surface area (Å²) in [7, 11) is 0. The predicted octanol–water partition coefficient (Wildman–Crippen LogP) is 0.215. The number of carboxylic acids is 2. The Balaban J connectivity index is 2.15. The van der Waals surface area contributed by atoms with Crippen molar-refractivity contribution < 1.29 is 34.2 Å². The zero-order valence-electron chi connectivity index (χ0n) is 20.7. The zero-order valence-corrected chi connectivity index (χ0v) is 21.5. The lowest BCUT2D eigenvalue weighted by Crippen LogP contribution is -2.57. The van der Waals surface area contributed by atoms with Crippen LogP contribution in [-0.2, 0) is 30.4 Å². The molecule has 4 atom stereocenters. The van der Waals surface area contributed by atoms with Crippen molar-refractivity contribution in [2.24, 2.45) is 5.73 Å². The molecule has 0 aliphatic carbocycles. The zero-order chi connectivity index (χ0) is 27.5. The Kier molecular flexibility index (Phi) is 11.4. The number of carboxylic acid groups (broad SMARTS) is 2. The van der Waals surface area contributed by atoms with Gasteiger partial charge in [0.25, 0.3) is 0 Å². The van der Waals surface area contributed by atoms with E-state index in [4.69, 9.17) is 10.8 Å². The maximum absolute atomic E-state index is 13.2. The minimum absolute atomic E-state index is 0.113. The number of aromatic amines is 1. The molecule has 0 fully saturated rings. The van der Waals surface area contributed by atoms with Crippen molar-refractivity contribution in [3.05, 3.63) is 36.0 Å². The molecule has 0 bridgehead atoms. The number of amides is 3.